The Morgan fingerprint density at radius 3 is 2.71 bits per heavy atom. The number of carbonyl (C=O) groups is 1. The molecule has 0 saturated carbocycles. The van der Waals surface area contributed by atoms with Gasteiger partial charge < -0.3 is 10.6 Å². The third-order valence-corrected chi connectivity index (χ3v) is 3.58. The number of benzene rings is 1. The molecular weight excluding hydrogens is 294 g/mol. The largest absolute Gasteiger partial charge is 0.380 e. The van der Waals surface area contributed by atoms with Crippen LogP contribution in [-0.4, -0.2) is 40.1 Å². The van der Waals surface area contributed by atoms with E-state index in [9.17, 15) is 19.1 Å². The van der Waals surface area contributed by atoms with Crippen molar-refractivity contribution in [3.05, 3.63) is 33.9 Å². The minimum absolute atomic E-state index is 0.126. The molecular formula is C13H19N3O4S. The normalized spacial score (nSPS) is 11.7. The predicted molar refractivity (Wildman–Crippen MR) is 83.1 cm³/mol. The molecule has 1 amide bonds. The highest BCUT2D eigenvalue weighted by Gasteiger charge is 2.16. The smallest absolute Gasteiger partial charge is 0.293 e. The summed E-state index contributed by atoms with van der Waals surface area (Å²) >= 11 is 0. The molecule has 0 aliphatic carbocycles. The molecule has 8 heteroatoms. The zero-order chi connectivity index (χ0) is 15.8. The lowest BCUT2D eigenvalue weighted by Gasteiger charge is -2.08. The van der Waals surface area contributed by atoms with Crippen LogP contribution in [0.4, 0.5) is 11.4 Å². The fraction of sp³-hybridized carbons (Fsp3) is 0.462. The third-order valence-electron chi connectivity index (χ3n) is 2.72. The van der Waals surface area contributed by atoms with E-state index in [2.05, 4.69) is 10.6 Å². The summed E-state index contributed by atoms with van der Waals surface area (Å²) in [6, 6.07) is 4.32. The molecule has 21 heavy (non-hydrogen) atoms. The van der Waals surface area contributed by atoms with Gasteiger partial charge in [-0.15, -0.1) is 0 Å². The minimum Gasteiger partial charge on any atom is -0.380 e. The van der Waals surface area contributed by atoms with E-state index in [1.807, 2.05) is 6.92 Å². The zero-order valence-corrected chi connectivity index (χ0v) is 12.9. The molecule has 1 rings (SSSR count). The lowest BCUT2D eigenvalue weighted by atomic mass is 10.1. The van der Waals surface area contributed by atoms with Crippen LogP contribution >= 0.6 is 0 Å². The van der Waals surface area contributed by atoms with Gasteiger partial charge in [0, 0.05) is 47.5 Å². The van der Waals surface area contributed by atoms with Gasteiger partial charge in [-0.2, -0.15) is 0 Å². The van der Waals surface area contributed by atoms with Gasteiger partial charge in [-0.05, 0) is 25.5 Å². The van der Waals surface area contributed by atoms with Crippen LogP contribution in [0.5, 0.6) is 0 Å². The Labute approximate surface area is 125 Å². The summed E-state index contributed by atoms with van der Waals surface area (Å²) in [5, 5.41) is 16.5. The number of nitro benzene ring substituents is 1. The molecule has 1 atom stereocenters. The van der Waals surface area contributed by atoms with E-state index in [-0.39, 0.29) is 17.2 Å². The van der Waals surface area contributed by atoms with Crippen LogP contribution in [-0.2, 0) is 10.8 Å². The summed E-state index contributed by atoms with van der Waals surface area (Å²) in [6.45, 7) is 2.78. The van der Waals surface area contributed by atoms with Gasteiger partial charge in [-0.1, -0.05) is 0 Å². The molecule has 0 fully saturated rings. The van der Waals surface area contributed by atoms with Gasteiger partial charge in [0.2, 0.25) is 0 Å². The van der Waals surface area contributed by atoms with E-state index in [1.54, 1.807) is 6.26 Å². The van der Waals surface area contributed by atoms with Crippen molar-refractivity contribution in [2.24, 2.45) is 0 Å². The second kappa shape index (κ2) is 8.35. The van der Waals surface area contributed by atoms with Crippen molar-refractivity contribution in [3.8, 4) is 0 Å². The third kappa shape index (κ3) is 5.50. The molecule has 116 valence electrons. The predicted octanol–water partition coefficient (Wildman–Crippen LogP) is 1.52. The average molecular weight is 313 g/mol. The summed E-state index contributed by atoms with van der Waals surface area (Å²) in [5.41, 5.74) is 0.501. The van der Waals surface area contributed by atoms with E-state index in [1.165, 1.54) is 18.2 Å². The maximum Gasteiger partial charge on any atom is 0.293 e. The molecule has 0 heterocycles. The lowest BCUT2D eigenvalue weighted by molar-refractivity contribution is -0.384. The molecule has 0 radical (unpaired) electrons. The molecule has 1 aromatic rings. The molecule has 0 aliphatic rings. The number of nitrogens with one attached hydrogen (secondary N) is 2. The van der Waals surface area contributed by atoms with Crippen LogP contribution in [0.1, 0.15) is 23.7 Å². The highest BCUT2D eigenvalue weighted by Crippen LogP contribution is 2.25. The number of nitro groups is 1. The number of hydrogen-bond donors (Lipinski definition) is 2. The van der Waals surface area contributed by atoms with Crippen LogP contribution in [0, 0.1) is 10.1 Å². The first-order chi connectivity index (χ1) is 9.95. The number of rotatable bonds is 8. The Bertz CT molecular complexity index is 548. The topological polar surface area (TPSA) is 101 Å². The number of nitrogens with zero attached hydrogens (tertiary/aromatic N) is 1. The van der Waals surface area contributed by atoms with Crippen molar-refractivity contribution < 1.29 is 13.9 Å². The van der Waals surface area contributed by atoms with E-state index >= 15 is 0 Å². The van der Waals surface area contributed by atoms with E-state index < -0.39 is 15.7 Å². The number of amides is 1. The van der Waals surface area contributed by atoms with Crippen LogP contribution < -0.4 is 10.6 Å². The second-order valence-corrected chi connectivity index (χ2v) is 5.96. The monoisotopic (exact) mass is 313 g/mol. The van der Waals surface area contributed by atoms with Crippen LogP contribution in [0.15, 0.2) is 18.2 Å². The standard InChI is InChI=1S/C13H19N3O4S/c1-3-14-11-6-5-10(9-12(11)16(18)19)13(17)15-7-4-8-21(2)20/h5-6,9,14H,3-4,7-8H2,1-2H3,(H,15,17). The van der Waals surface area contributed by atoms with Crippen molar-refractivity contribution in [3.63, 3.8) is 0 Å². The highest BCUT2D eigenvalue weighted by molar-refractivity contribution is 7.84. The van der Waals surface area contributed by atoms with Crippen molar-refractivity contribution in [2.75, 3.05) is 30.4 Å². The molecule has 0 spiro atoms. The molecule has 1 aromatic carbocycles. The number of carbonyl (C=O) groups excluding carboxylic acids is 1. The first-order valence-corrected chi connectivity index (χ1v) is 8.29. The Balaban J connectivity index is 2.74. The molecule has 2 N–H and O–H groups in total. The van der Waals surface area contributed by atoms with Gasteiger partial charge in [-0.3, -0.25) is 19.1 Å². The van der Waals surface area contributed by atoms with Gasteiger partial charge in [-0.25, -0.2) is 0 Å². The van der Waals surface area contributed by atoms with E-state index in [0.29, 0.717) is 31.0 Å². The molecule has 1 unspecified atom stereocenters. The fourth-order valence-corrected chi connectivity index (χ4v) is 2.29. The average Bonchev–Trinajstić information content (AvgIpc) is 2.43. The van der Waals surface area contributed by atoms with Crippen molar-refractivity contribution >= 4 is 28.1 Å². The van der Waals surface area contributed by atoms with Crippen LogP contribution in [0.2, 0.25) is 0 Å². The Morgan fingerprint density at radius 1 is 1.43 bits per heavy atom. The zero-order valence-electron chi connectivity index (χ0n) is 12.0. The Morgan fingerprint density at radius 2 is 2.14 bits per heavy atom. The first kappa shape index (κ1) is 17.1. The van der Waals surface area contributed by atoms with Crippen LogP contribution in [0.25, 0.3) is 0 Å². The van der Waals surface area contributed by atoms with Crippen molar-refractivity contribution in [1.29, 1.82) is 0 Å². The molecule has 0 bridgehead atoms. The minimum atomic E-state index is -0.889. The molecule has 0 aliphatic heterocycles. The van der Waals surface area contributed by atoms with Gasteiger partial charge >= 0.3 is 0 Å². The summed E-state index contributed by atoms with van der Waals surface area (Å²) in [6.07, 6.45) is 2.21. The Hall–Kier alpha value is -1.96. The van der Waals surface area contributed by atoms with Crippen LogP contribution in [0.3, 0.4) is 0 Å². The first-order valence-electron chi connectivity index (χ1n) is 6.56. The Kier molecular flexibility index (Phi) is 6.80. The summed E-state index contributed by atoms with van der Waals surface area (Å²) in [5.74, 6) is 0.141. The summed E-state index contributed by atoms with van der Waals surface area (Å²) in [4.78, 5) is 22.4. The van der Waals surface area contributed by atoms with Gasteiger partial charge in [0.15, 0.2) is 0 Å². The van der Waals surface area contributed by atoms with E-state index in [0.717, 1.165) is 0 Å². The highest BCUT2D eigenvalue weighted by atomic mass is 32.2. The number of anilines is 1. The molecule has 0 saturated heterocycles. The molecule has 7 nitrogen and oxygen atoms in total. The maximum absolute atomic E-state index is 11.9. The fourth-order valence-electron chi connectivity index (χ4n) is 1.74. The maximum atomic E-state index is 11.9. The number of hydrogen-bond acceptors (Lipinski definition) is 5. The quantitative estimate of drug-likeness (QED) is 0.430. The van der Waals surface area contributed by atoms with Crippen molar-refractivity contribution in [2.45, 2.75) is 13.3 Å². The van der Waals surface area contributed by atoms with Crippen molar-refractivity contribution in [1.82, 2.24) is 5.32 Å². The SMILES string of the molecule is CCNc1ccc(C(=O)NCCCS(C)=O)cc1[N+](=O)[O-]. The lowest BCUT2D eigenvalue weighted by Crippen LogP contribution is -2.25. The second-order valence-electron chi connectivity index (χ2n) is 4.41. The van der Waals surface area contributed by atoms with Gasteiger partial charge in [0.1, 0.15) is 5.69 Å². The van der Waals surface area contributed by atoms with E-state index in [4.69, 9.17) is 0 Å². The summed E-state index contributed by atoms with van der Waals surface area (Å²) < 4.78 is 10.9. The van der Waals surface area contributed by atoms with Gasteiger partial charge in [0.25, 0.3) is 11.6 Å². The summed E-state index contributed by atoms with van der Waals surface area (Å²) in [7, 11) is -0.889. The molecule has 0 aromatic heterocycles. The van der Waals surface area contributed by atoms with Gasteiger partial charge in [0.05, 0.1) is 4.92 Å².